The third-order valence-electron chi connectivity index (χ3n) is 6.04. The molecule has 1 aromatic rings. The van der Waals surface area contributed by atoms with Crippen molar-refractivity contribution in [3.8, 4) is 5.75 Å². The van der Waals surface area contributed by atoms with Crippen LogP contribution >= 0.6 is 0 Å². The normalized spacial score (nSPS) is 18.5. The van der Waals surface area contributed by atoms with E-state index in [9.17, 15) is 9.59 Å². The highest BCUT2D eigenvalue weighted by atomic mass is 16.6. The molecule has 2 aliphatic heterocycles. The Labute approximate surface area is 192 Å². The summed E-state index contributed by atoms with van der Waals surface area (Å²) >= 11 is 0. The first-order chi connectivity index (χ1) is 15.4. The molecule has 0 bridgehead atoms. The molecule has 0 unspecified atom stereocenters. The molecule has 0 aliphatic carbocycles. The van der Waals surface area contributed by atoms with Crippen LogP contribution in [0.25, 0.3) is 0 Å². The molecule has 2 amide bonds. The standard InChI is InChI=1S/C24H38N4O4/c1-20(2)19-32-24(30)28-10-4-9-25(13-16-28)18-23(29)27-14-11-26(12-15-27)17-21-5-7-22(31-3)8-6-21/h5-8,20H,4,9-19H2,1-3H3. The number of ether oxygens (including phenoxy) is 2. The third-order valence-corrected chi connectivity index (χ3v) is 6.04. The Kier molecular flexibility index (Phi) is 9.17. The molecule has 0 atom stereocenters. The minimum Gasteiger partial charge on any atom is -0.497 e. The lowest BCUT2D eigenvalue weighted by Crippen LogP contribution is -2.51. The highest BCUT2D eigenvalue weighted by Gasteiger charge is 2.25. The van der Waals surface area contributed by atoms with Crippen molar-refractivity contribution in [2.45, 2.75) is 26.8 Å². The molecule has 1 aromatic carbocycles. The van der Waals surface area contributed by atoms with Gasteiger partial charge in [0.05, 0.1) is 20.3 Å². The summed E-state index contributed by atoms with van der Waals surface area (Å²) in [6.45, 7) is 11.9. The number of benzene rings is 1. The van der Waals surface area contributed by atoms with E-state index in [4.69, 9.17) is 9.47 Å². The van der Waals surface area contributed by atoms with Crippen molar-refractivity contribution in [3.05, 3.63) is 29.8 Å². The molecule has 2 fully saturated rings. The molecule has 0 saturated carbocycles. The van der Waals surface area contributed by atoms with Crippen LogP contribution in [0.3, 0.4) is 0 Å². The summed E-state index contributed by atoms with van der Waals surface area (Å²) in [5, 5.41) is 0. The molecule has 2 saturated heterocycles. The SMILES string of the molecule is COc1ccc(CN2CCN(C(=O)CN3CCCN(C(=O)OCC(C)C)CC3)CC2)cc1. The molecule has 0 N–H and O–H groups in total. The van der Waals surface area contributed by atoms with Crippen LogP contribution in [-0.2, 0) is 16.1 Å². The molecule has 178 valence electrons. The van der Waals surface area contributed by atoms with Gasteiger partial charge in [0.1, 0.15) is 5.75 Å². The van der Waals surface area contributed by atoms with E-state index >= 15 is 0 Å². The number of methoxy groups -OCH3 is 1. The zero-order valence-electron chi connectivity index (χ0n) is 19.8. The number of hydrogen-bond acceptors (Lipinski definition) is 6. The maximum Gasteiger partial charge on any atom is 0.409 e. The molecule has 2 aliphatic rings. The fourth-order valence-electron chi connectivity index (χ4n) is 4.08. The smallest absolute Gasteiger partial charge is 0.409 e. The van der Waals surface area contributed by atoms with Crippen molar-refractivity contribution in [2.24, 2.45) is 5.92 Å². The molecule has 0 aromatic heterocycles. The largest absolute Gasteiger partial charge is 0.497 e. The molecule has 32 heavy (non-hydrogen) atoms. The lowest BCUT2D eigenvalue weighted by molar-refractivity contribution is -0.134. The maximum absolute atomic E-state index is 12.9. The van der Waals surface area contributed by atoms with Crippen molar-refractivity contribution >= 4 is 12.0 Å². The van der Waals surface area contributed by atoms with Gasteiger partial charge in [0, 0.05) is 58.9 Å². The van der Waals surface area contributed by atoms with Crippen LogP contribution in [0.2, 0.25) is 0 Å². The predicted molar refractivity (Wildman–Crippen MR) is 124 cm³/mol. The summed E-state index contributed by atoms with van der Waals surface area (Å²) < 4.78 is 10.6. The molecule has 3 rings (SSSR count). The van der Waals surface area contributed by atoms with Crippen LogP contribution < -0.4 is 4.74 Å². The van der Waals surface area contributed by atoms with Crippen LogP contribution in [0.15, 0.2) is 24.3 Å². The highest BCUT2D eigenvalue weighted by molar-refractivity contribution is 5.78. The Balaban J connectivity index is 1.38. The fourth-order valence-corrected chi connectivity index (χ4v) is 4.08. The maximum atomic E-state index is 12.9. The van der Waals surface area contributed by atoms with Crippen molar-refractivity contribution in [2.75, 3.05) is 72.6 Å². The van der Waals surface area contributed by atoms with Gasteiger partial charge in [-0.05, 0) is 30.0 Å². The molecule has 0 radical (unpaired) electrons. The van der Waals surface area contributed by atoms with E-state index in [-0.39, 0.29) is 12.0 Å². The molecule has 2 heterocycles. The van der Waals surface area contributed by atoms with Crippen LogP contribution in [0, 0.1) is 5.92 Å². The van der Waals surface area contributed by atoms with E-state index < -0.39 is 0 Å². The molecule has 8 nitrogen and oxygen atoms in total. The Bertz CT molecular complexity index is 732. The summed E-state index contributed by atoms with van der Waals surface area (Å²) in [6.07, 6.45) is 0.625. The van der Waals surface area contributed by atoms with Gasteiger partial charge in [0.15, 0.2) is 0 Å². The van der Waals surface area contributed by atoms with Gasteiger partial charge < -0.3 is 19.3 Å². The number of amides is 2. The Morgan fingerprint density at radius 3 is 2.19 bits per heavy atom. The molecular weight excluding hydrogens is 408 g/mol. The van der Waals surface area contributed by atoms with Crippen LogP contribution in [0.1, 0.15) is 25.8 Å². The van der Waals surface area contributed by atoms with E-state index in [1.165, 1.54) is 5.56 Å². The predicted octanol–water partition coefficient (Wildman–Crippen LogP) is 2.14. The minimum absolute atomic E-state index is 0.185. The van der Waals surface area contributed by atoms with E-state index in [2.05, 4.69) is 21.9 Å². The Hall–Kier alpha value is -2.32. The number of rotatable bonds is 7. The fraction of sp³-hybridized carbons (Fsp3) is 0.667. The van der Waals surface area contributed by atoms with E-state index in [1.807, 2.05) is 30.9 Å². The summed E-state index contributed by atoms with van der Waals surface area (Å²) in [7, 11) is 1.68. The minimum atomic E-state index is -0.236. The van der Waals surface area contributed by atoms with Crippen molar-refractivity contribution in [1.82, 2.24) is 19.6 Å². The monoisotopic (exact) mass is 446 g/mol. The van der Waals surface area contributed by atoms with Gasteiger partial charge in [-0.2, -0.15) is 0 Å². The number of piperazine rings is 1. The zero-order valence-corrected chi connectivity index (χ0v) is 19.8. The number of nitrogens with zero attached hydrogens (tertiary/aromatic N) is 4. The first-order valence-electron chi connectivity index (χ1n) is 11.7. The van der Waals surface area contributed by atoms with E-state index in [0.29, 0.717) is 38.7 Å². The molecule has 0 spiro atoms. The van der Waals surface area contributed by atoms with Gasteiger partial charge in [0.25, 0.3) is 0 Å². The molecule has 8 heteroatoms. The Morgan fingerprint density at radius 1 is 0.875 bits per heavy atom. The first kappa shape index (κ1) is 24.3. The Morgan fingerprint density at radius 2 is 1.53 bits per heavy atom. The lowest BCUT2D eigenvalue weighted by atomic mass is 10.2. The van der Waals surface area contributed by atoms with Crippen molar-refractivity contribution in [1.29, 1.82) is 0 Å². The second kappa shape index (κ2) is 12.1. The van der Waals surface area contributed by atoms with E-state index in [0.717, 1.165) is 51.4 Å². The van der Waals surface area contributed by atoms with Gasteiger partial charge in [0.2, 0.25) is 5.91 Å². The van der Waals surface area contributed by atoms with Crippen LogP contribution in [-0.4, -0.2) is 104 Å². The number of carbonyl (C=O) groups excluding carboxylic acids is 2. The second-order valence-corrected chi connectivity index (χ2v) is 9.09. The summed E-state index contributed by atoms with van der Waals surface area (Å²) in [6, 6.07) is 8.16. The summed E-state index contributed by atoms with van der Waals surface area (Å²) in [5.41, 5.74) is 1.26. The molecular formula is C24H38N4O4. The summed E-state index contributed by atoms with van der Waals surface area (Å²) in [5.74, 6) is 1.38. The highest BCUT2D eigenvalue weighted by Crippen LogP contribution is 2.14. The van der Waals surface area contributed by atoms with Gasteiger partial charge in [-0.3, -0.25) is 14.6 Å². The van der Waals surface area contributed by atoms with E-state index in [1.54, 1.807) is 12.0 Å². The quantitative estimate of drug-likeness (QED) is 0.640. The van der Waals surface area contributed by atoms with Gasteiger partial charge in [-0.15, -0.1) is 0 Å². The van der Waals surface area contributed by atoms with Gasteiger partial charge in [-0.1, -0.05) is 26.0 Å². The lowest BCUT2D eigenvalue weighted by Gasteiger charge is -2.35. The topological polar surface area (TPSA) is 65.6 Å². The third kappa shape index (κ3) is 7.38. The average molecular weight is 447 g/mol. The summed E-state index contributed by atoms with van der Waals surface area (Å²) in [4.78, 5) is 33.4. The van der Waals surface area contributed by atoms with Gasteiger partial charge in [-0.25, -0.2) is 4.79 Å². The van der Waals surface area contributed by atoms with Crippen molar-refractivity contribution in [3.63, 3.8) is 0 Å². The average Bonchev–Trinajstić information content (AvgIpc) is 3.04. The number of hydrogen-bond donors (Lipinski definition) is 0. The van der Waals surface area contributed by atoms with Gasteiger partial charge >= 0.3 is 6.09 Å². The number of carbonyl (C=O) groups is 2. The zero-order chi connectivity index (χ0) is 22.9. The van der Waals surface area contributed by atoms with Crippen LogP contribution in [0.5, 0.6) is 5.75 Å². The first-order valence-corrected chi connectivity index (χ1v) is 11.7. The van der Waals surface area contributed by atoms with Crippen molar-refractivity contribution < 1.29 is 19.1 Å². The van der Waals surface area contributed by atoms with Crippen LogP contribution in [0.4, 0.5) is 4.79 Å². The second-order valence-electron chi connectivity index (χ2n) is 9.09.